The van der Waals surface area contributed by atoms with E-state index in [2.05, 4.69) is 5.32 Å². The zero-order chi connectivity index (χ0) is 13.8. The first-order valence-corrected chi connectivity index (χ1v) is 5.56. The monoisotopic (exact) mass is 261 g/mol. The van der Waals surface area contributed by atoms with Gasteiger partial charge >= 0.3 is 0 Å². The van der Waals surface area contributed by atoms with E-state index >= 15 is 0 Å². The van der Waals surface area contributed by atoms with E-state index in [0.717, 1.165) is 0 Å². The Bertz CT molecular complexity index is 667. The molecule has 0 aliphatic rings. The lowest BCUT2D eigenvalue weighted by Crippen LogP contribution is -2.26. The van der Waals surface area contributed by atoms with E-state index in [0.29, 0.717) is 5.69 Å². The smallest absolute Gasteiger partial charge is 0.250 e. The first-order valence-electron chi connectivity index (χ1n) is 5.56. The van der Waals surface area contributed by atoms with Crippen LogP contribution < -0.4 is 16.6 Å². The van der Waals surface area contributed by atoms with Crippen molar-refractivity contribution >= 4 is 17.3 Å². The minimum absolute atomic E-state index is 0.0466. The molecule has 3 N–H and O–H groups in total. The fourth-order valence-corrected chi connectivity index (χ4v) is 1.57. The number of anilines is 2. The van der Waals surface area contributed by atoms with Gasteiger partial charge in [-0.15, -0.1) is 0 Å². The number of rotatable bonds is 3. The average molecular weight is 261 g/mol. The molecule has 1 aromatic heterocycles. The Labute approximate surface area is 108 Å². The summed E-state index contributed by atoms with van der Waals surface area (Å²) < 4.78 is 14.2. The number of nitrogens with two attached hydrogens (primary N) is 1. The molecule has 6 heteroatoms. The van der Waals surface area contributed by atoms with Crippen molar-refractivity contribution in [3.05, 3.63) is 58.8 Å². The van der Waals surface area contributed by atoms with Crippen molar-refractivity contribution in [2.24, 2.45) is 0 Å². The molecule has 0 fully saturated rings. The Morgan fingerprint density at radius 1 is 1.32 bits per heavy atom. The zero-order valence-electron chi connectivity index (χ0n) is 9.97. The number of nitrogens with one attached hydrogen (secondary N) is 1. The van der Waals surface area contributed by atoms with Gasteiger partial charge < -0.3 is 15.6 Å². The van der Waals surface area contributed by atoms with E-state index in [1.54, 1.807) is 12.1 Å². The molecule has 0 aliphatic heterocycles. The molecule has 0 spiro atoms. The summed E-state index contributed by atoms with van der Waals surface area (Å²) in [5, 5.41) is 2.54. The Morgan fingerprint density at radius 2 is 2.11 bits per heavy atom. The van der Waals surface area contributed by atoms with Crippen molar-refractivity contribution in [2.75, 3.05) is 11.1 Å². The van der Waals surface area contributed by atoms with Crippen LogP contribution in [0.2, 0.25) is 0 Å². The molecule has 1 amide bonds. The minimum Gasteiger partial charge on any atom is -0.396 e. The molecular weight excluding hydrogens is 249 g/mol. The van der Waals surface area contributed by atoms with Gasteiger partial charge in [-0.25, -0.2) is 4.39 Å². The van der Waals surface area contributed by atoms with Gasteiger partial charge in [0.1, 0.15) is 12.4 Å². The molecule has 98 valence electrons. The summed E-state index contributed by atoms with van der Waals surface area (Å²) in [5.74, 6) is -0.934. The number of benzene rings is 1. The Hall–Kier alpha value is -2.63. The molecule has 2 rings (SSSR count). The molecule has 0 unspecified atom stereocenters. The lowest BCUT2D eigenvalue weighted by atomic mass is 10.2. The largest absolute Gasteiger partial charge is 0.396 e. The maximum absolute atomic E-state index is 13.0. The van der Waals surface area contributed by atoms with Gasteiger partial charge in [-0.3, -0.25) is 9.59 Å². The summed E-state index contributed by atoms with van der Waals surface area (Å²) >= 11 is 0. The van der Waals surface area contributed by atoms with Gasteiger partial charge in [-0.2, -0.15) is 0 Å². The standard InChI is InChI=1S/C13H12FN3O2/c14-10-5-4-9(7-11(10)15)16-12(18)8-17-6-2-1-3-13(17)19/h1-7H,8,15H2,(H,16,18). The molecule has 1 heterocycles. The fourth-order valence-electron chi connectivity index (χ4n) is 1.57. The average Bonchev–Trinajstić information content (AvgIpc) is 2.37. The Kier molecular flexibility index (Phi) is 3.61. The molecule has 0 aliphatic carbocycles. The third-order valence-electron chi connectivity index (χ3n) is 2.49. The molecule has 5 nitrogen and oxygen atoms in total. The van der Waals surface area contributed by atoms with Crippen LogP contribution in [0.1, 0.15) is 0 Å². The maximum Gasteiger partial charge on any atom is 0.250 e. The number of pyridine rings is 1. The molecule has 2 aromatic rings. The van der Waals surface area contributed by atoms with E-state index in [9.17, 15) is 14.0 Å². The highest BCUT2D eigenvalue weighted by Crippen LogP contribution is 2.16. The minimum atomic E-state index is -0.544. The van der Waals surface area contributed by atoms with Crippen molar-refractivity contribution in [2.45, 2.75) is 6.54 Å². The number of amides is 1. The van der Waals surface area contributed by atoms with Crippen LogP contribution in [0.15, 0.2) is 47.4 Å². The van der Waals surface area contributed by atoms with E-state index in [1.807, 2.05) is 0 Å². The molecule has 0 saturated heterocycles. The van der Waals surface area contributed by atoms with E-state index in [-0.39, 0.29) is 23.7 Å². The van der Waals surface area contributed by atoms with Crippen LogP contribution in [0.4, 0.5) is 15.8 Å². The Balaban J connectivity index is 2.08. The number of nitrogens with zero attached hydrogens (tertiary/aromatic N) is 1. The van der Waals surface area contributed by atoms with Crippen LogP contribution in [0.5, 0.6) is 0 Å². The summed E-state index contributed by atoms with van der Waals surface area (Å²) in [6, 6.07) is 8.50. The van der Waals surface area contributed by atoms with Crippen LogP contribution in [0, 0.1) is 5.82 Å². The maximum atomic E-state index is 13.0. The normalized spacial score (nSPS) is 10.2. The summed E-state index contributed by atoms with van der Waals surface area (Å²) in [5.41, 5.74) is 5.46. The summed E-state index contributed by atoms with van der Waals surface area (Å²) in [7, 11) is 0. The second kappa shape index (κ2) is 5.34. The van der Waals surface area contributed by atoms with Crippen molar-refractivity contribution in [1.82, 2.24) is 4.57 Å². The number of aromatic nitrogens is 1. The van der Waals surface area contributed by atoms with Crippen LogP contribution in [-0.2, 0) is 11.3 Å². The molecule has 0 radical (unpaired) electrons. The fraction of sp³-hybridized carbons (Fsp3) is 0.0769. The van der Waals surface area contributed by atoms with Crippen LogP contribution in [0.3, 0.4) is 0 Å². The number of carbonyl (C=O) groups is 1. The number of carbonyl (C=O) groups excluding carboxylic acids is 1. The van der Waals surface area contributed by atoms with Gasteiger partial charge in [0.2, 0.25) is 5.91 Å². The van der Waals surface area contributed by atoms with E-state index < -0.39 is 5.82 Å². The summed E-state index contributed by atoms with van der Waals surface area (Å²) in [4.78, 5) is 23.1. The molecule has 1 aromatic carbocycles. The lowest BCUT2D eigenvalue weighted by molar-refractivity contribution is -0.116. The highest BCUT2D eigenvalue weighted by Gasteiger charge is 2.06. The number of halogens is 1. The molecular formula is C13H12FN3O2. The SMILES string of the molecule is Nc1cc(NC(=O)Cn2ccccc2=O)ccc1F. The van der Waals surface area contributed by atoms with Crippen LogP contribution in [-0.4, -0.2) is 10.5 Å². The number of hydrogen-bond acceptors (Lipinski definition) is 3. The molecule has 0 bridgehead atoms. The highest BCUT2D eigenvalue weighted by molar-refractivity contribution is 5.91. The van der Waals surface area contributed by atoms with Crippen molar-refractivity contribution in [1.29, 1.82) is 0 Å². The molecule has 0 atom stereocenters. The quantitative estimate of drug-likeness (QED) is 0.815. The van der Waals surface area contributed by atoms with E-state index in [1.165, 1.54) is 35.0 Å². The van der Waals surface area contributed by atoms with Gasteiger partial charge in [0.05, 0.1) is 5.69 Å². The second-order valence-electron chi connectivity index (χ2n) is 3.95. The third-order valence-corrected chi connectivity index (χ3v) is 2.49. The topological polar surface area (TPSA) is 77.1 Å². The molecule has 0 saturated carbocycles. The first kappa shape index (κ1) is 12.8. The van der Waals surface area contributed by atoms with Gasteiger partial charge in [0.25, 0.3) is 5.56 Å². The van der Waals surface area contributed by atoms with Gasteiger partial charge in [-0.05, 0) is 24.3 Å². The second-order valence-corrected chi connectivity index (χ2v) is 3.95. The summed E-state index contributed by atoms with van der Waals surface area (Å²) in [6.07, 6.45) is 1.51. The van der Waals surface area contributed by atoms with Crippen LogP contribution in [0.25, 0.3) is 0 Å². The number of nitrogen functional groups attached to an aromatic ring is 1. The van der Waals surface area contributed by atoms with E-state index in [4.69, 9.17) is 5.73 Å². The summed E-state index contributed by atoms with van der Waals surface area (Å²) in [6.45, 7) is -0.114. The first-order chi connectivity index (χ1) is 9.06. The predicted molar refractivity (Wildman–Crippen MR) is 70.1 cm³/mol. The van der Waals surface area contributed by atoms with Crippen molar-refractivity contribution < 1.29 is 9.18 Å². The van der Waals surface area contributed by atoms with Crippen molar-refractivity contribution in [3.63, 3.8) is 0 Å². The Morgan fingerprint density at radius 3 is 2.79 bits per heavy atom. The van der Waals surface area contributed by atoms with Crippen LogP contribution >= 0.6 is 0 Å². The lowest BCUT2D eigenvalue weighted by Gasteiger charge is -2.08. The number of hydrogen-bond donors (Lipinski definition) is 2. The highest BCUT2D eigenvalue weighted by atomic mass is 19.1. The zero-order valence-corrected chi connectivity index (χ0v) is 9.97. The van der Waals surface area contributed by atoms with Gasteiger partial charge in [0, 0.05) is 18.0 Å². The molecule has 19 heavy (non-hydrogen) atoms. The van der Waals surface area contributed by atoms with Crippen molar-refractivity contribution in [3.8, 4) is 0 Å². The van der Waals surface area contributed by atoms with Gasteiger partial charge in [0.15, 0.2) is 0 Å². The predicted octanol–water partition coefficient (Wildman–Crippen LogP) is 1.21. The third kappa shape index (κ3) is 3.19. The van der Waals surface area contributed by atoms with Gasteiger partial charge in [-0.1, -0.05) is 6.07 Å².